The first-order valence-electron chi connectivity index (χ1n) is 4.67. The molecule has 0 aliphatic rings. The lowest BCUT2D eigenvalue weighted by atomic mass is 10.1. The number of benzene rings is 1. The van der Waals surface area contributed by atoms with E-state index in [1.807, 2.05) is 0 Å². The van der Waals surface area contributed by atoms with Crippen LogP contribution in [0.15, 0.2) is 29.6 Å². The molecule has 8 nitrogen and oxygen atoms in total. The van der Waals surface area contributed by atoms with E-state index < -0.39 is 17.1 Å². The quantitative estimate of drug-likeness (QED) is 0.383. The predicted molar refractivity (Wildman–Crippen MR) is 62.2 cm³/mol. The summed E-state index contributed by atoms with van der Waals surface area (Å²) in [6.07, 6.45) is -1.55. The van der Waals surface area contributed by atoms with E-state index in [-0.39, 0.29) is 16.6 Å². The Bertz CT molecular complexity index is 464. The van der Waals surface area contributed by atoms with Crippen LogP contribution in [-0.4, -0.2) is 27.0 Å². The van der Waals surface area contributed by atoms with Gasteiger partial charge in [0.1, 0.15) is 6.04 Å². The number of nitrogens with zero attached hydrogens (tertiary/aromatic N) is 3. The Morgan fingerprint density at radius 2 is 2.06 bits per heavy atom. The van der Waals surface area contributed by atoms with Gasteiger partial charge in [-0.1, -0.05) is 12.1 Å². The van der Waals surface area contributed by atoms with Crippen LogP contribution in [0.2, 0.25) is 0 Å². The standard InChI is InChI=1S/C9H8ClN3O5/c10-5-8(12(11-16)9(14)15)6-1-3-7(4-2-6)13(17)18/h1-4,8H,5H2,(H,14,15). The van der Waals surface area contributed by atoms with Crippen LogP contribution in [0.3, 0.4) is 0 Å². The minimum atomic E-state index is -1.55. The molecule has 0 aliphatic heterocycles. The van der Waals surface area contributed by atoms with Gasteiger partial charge in [-0.3, -0.25) is 10.1 Å². The Morgan fingerprint density at radius 3 is 2.39 bits per heavy atom. The van der Waals surface area contributed by atoms with Gasteiger partial charge in [-0.2, -0.15) is 5.01 Å². The summed E-state index contributed by atoms with van der Waals surface area (Å²) in [4.78, 5) is 31.0. The second-order valence-electron chi connectivity index (χ2n) is 3.23. The molecule has 0 saturated carbocycles. The maximum absolute atomic E-state index is 10.7. The minimum Gasteiger partial charge on any atom is -0.464 e. The number of rotatable bonds is 5. The Hall–Kier alpha value is -2.22. The highest BCUT2D eigenvalue weighted by Gasteiger charge is 2.25. The van der Waals surface area contributed by atoms with Gasteiger partial charge < -0.3 is 5.11 Å². The fourth-order valence-corrected chi connectivity index (χ4v) is 1.65. The van der Waals surface area contributed by atoms with E-state index in [0.29, 0.717) is 5.56 Å². The highest BCUT2D eigenvalue weighted by molar-refractivity contribution is 6.18. The largest absolute Gasteiger partial charge is 0.464 e. The number of carboxylic acid groups (broad SMARTS) is 1. The number of non-ortho nitro benzene ring substituents is 1. The van der Waals surface area contributed by atoms with E-state index in [2.05, 4.69) is 5.29 Å². The lowest BCUT2D eigenvalue weighted by Crippen LogP contribution is -2.29. The van der Waals surface area contributed by atoms with Gasteiger partial charge in [0.25, 0.3) is 5.69 Å². The van der Waals surface area contributed by atoms with Gasteiger partial charge >= 0.3 is 6.09 Å². The van der Waals surface area contributed by atoms with Crippen molar-refractivity contribution in [3.05, 3.63) is 44.9 Å². The third-order valence-electron chi connectivity index (χ3n) is 2.21. The zero-order chi connectivity index (χ0) is 13.7. The average Bonchev–Trinajstić information content (AvgIpc) is 2.35. The lowest BCUT2D eigenvalue weighted by Gasteiger charge is -2.19. The van der Waals surface area contributed by atoms with Gasteiger partial charge in [-0.25, -0.2) is 4.79 Å². The fraction of sp³-hybridized carbons (Fsp3) is 0.222. The lowest BCUT2D eigenvalue weighted by molar-refractivity contribution is -0.384. The molecule has 0 saturated heterocycles. The smallest absolute Gasteiger partial charge is 0.431 e. The van der Waals surface area contributed by atoms with E-state index in [9.17, 15) is 19.8 Å². The van der Waals surface area contributed by atoms with Gasteiger partial charge in [0.05, 0.1) is 10.2 Å². The second-order valence-corrected chi connectivity index (χ2v) is 3.54. The van der Waals surface area contributed by atoms with Crippen LogP contribution >= 0.6 is 11.6 Å². The Morgan fingerprint density at radius 1 is 1.50 bits per heavy atom. The van der Waals surface area contributed by atoms with Crippen LogP contribution in [0.5, 0.6) is 0 Å². The molecule has 0 heterocycles. The van der Waals surface area contributed by atoms with Crippen molar-refractivity contribution in [2.24, 2.45) is 5.29 Å². The van der Waals surface area contributed by atoms with Gasteiger partial charge in [-0.15, -0.1) is 16.5 Å². The molecule has 0 fully saturated rings. The predicted octanol–water partition coefficient (Wildman–Crippen LogP) is 2.54. The number of halogens is 1. The van der Waals surface area contributed by atoms with Gasteiger partial charge in [0.2, 0.25) is 0 Å². The summed E-state index contributed by atoms with van der Waals surface area (Å²) in [5.74, 6) is -0.199. The molecule has 1 aromatic carbocycles. The summed E-state index contributed by atoms with van der Waals surface area (Å²) in [5, 5.41) is 21.8. The molecular weight excluding hydrogens is 266 g/mol. The zero-order valence-corrected chi connectivity index (χ0v) is 9.65. The number of nitro benzene ring substituents is 1. The third kappa shape index (κ3) is 2.92. The van der Waals surface area contributed by atoms with Gasteiger partial charge in [0.15, 0.2) is 0 Å². The summed E-state index contributed by atoms with van der Waals surface area (Å²) < 4.78 is 0. The Balaban J connectivity index is 3.05. The normalized spacial score (nSPS) is 11.6. The molecule has 18 heavy (non-hydrogen) atoms. The van der Waals surface area contributed by atoms with Crippen molar-refractivity contribution in [2.45, 2.75) is 6.04 Å². The van der Waals surface area contributed by atoms with Gasteiger partial charge in [-0.05, 0) is 5.56 Å². The first kappa shape index (κ1) is 13.8. The van der Waals surface area contributed by atoms with E-state index in [0.717, 1.165) is 0 Å². The minimum absolute atomic E-state index is 0.145. The number of hydrogen-bond donors (Lipinski definition) is 1. The van der Waals surface area contributed by atoms with Crippen LogP contribution in [-0.2, 0) is 0 Å². The monoisotopic (exact) mass is 273 g/mol. The van der Waals surface area contributed by atoms with E-state index >= 15 is 0 Å². The highest BCUT2D eigenvalue weighted by atomic mass is 35.5. The molecule has 1 unspecified atom stereocenters. The number of alkyl halides is 1. The molecule has 1 rings (SSSR count). The van der Waals surface area contributed by atoms with Crippen molar-refractivity contribution in [2.75, 3.05) is 5.88 Å². The van der Waals surface area contributed by atoms with Crippen molar-refractivity contribution in [1.82, 2.24) is 5.01 Å². The van der Waals surface area contributed by atoms with Crippen LogP contribution in [0.1, 0.15) is 11.6 Å². The average molecular weight is 274 g/mol. The molecule has 1 atom stereocenters. The molecular formula is C9H8ClN3O5. The van der Waals surface area contributed by atoms with Crippen LogP contribution in [0.25, 0.3) is 0 Å². The third-order valence-corrected chi connectivity index (χ3v) is 2.51. The number of nitro groups is 1. The zero-order valence-electron chi connectivity index (χ0n) is 8.89. The maximum atomic E-state index is 10.7. The molecule has 0 bridgehead atoms. The number of hydrogen-bond acceptors (Lipinski definition) is 5. The first-order chi connectivity index (χ1) is 8.51. The van der Waals surface area contributed by atoms with Gasteiger partial charge in [0, 0.05) is 18.0 Å². The summed E-state index contributed by atoms with van der Waals surface area (Å²) >= 11 is 5.58. The van der Waals surface area contributed by atoms with Crippen molar-refractivity contribution in [3.8, 4) is 0 Å². The molecule has 0 aliphatic carbocycles. The SMILES string of the molecule is O=NN(C(=O)O)C(CCl)c1ccc([N+](=O)[O-])cc1. The van der Waals surface area contributed by atoms with Crippen molar-refractivity contribution in [1.29, 1.82) is 0 Å². The molecule has 96 valence electrons. The molecule has 1 aromatic rings. The number of carbonyl (C=O) groups is 1. The highest BCUT2D eigenvalue weighted by Crippen LogP contribution is 2.24. The van der Waals surface area contributed by atoms with Crippen LogP contribution in [0.4, 0.5) is 10.5 Å². The molecule has 0 spiro atoms. The molecule has 1 N–H and O–H groups in total. The molecule has 9 heteroatoms. The Kier molecular flexibility index (Phi) is 4.55. The van der Waals surface area contributed by atoms with Crippen LogP contribution in [0, 0.1) is 15.0 Å². The molecule has 1 amide bonds. The van der Waals surface area contributed by atoms with Crippen molar-refractivity contribution < 1.29 is 14.8 Å². The molecule has 0 aromatic heterocycles. The Labute approximate surface area is 106 Å². The first-order valence-corrected chi connectivity index (χ1v) is 5.20. The maximum Gasteiger partial charge on any atom is 0.431 e. The summed E-state index contributed by atoms with van der Waals surface area (Å²) in [5.41, 5.74) is 0.200. The van der Waals surface area contributed by atoms with E-state index in [4.69, 9.17) is 16.7 Å². The van der Waals surface area contributed by atoms with Crippen LogP contribution < -0.4 is 0 Å². The summed E-state index contributed by atoms with van der Waals surface area (Å²) in [6, 6.07) is 4.06. The van der Waals surface area contributed by atoms with E-state index in [1.165, 1.54) is 24.3 Å². The van der Waals surface area contributed by atoms with Crippen molar-refractivity contribution in [3.63, 3.8) is 0 Å². The number of nitroso groups, excluding NO2 is 1. The molecule has 0 radical (unpaired) electrons. The summed E-state index contributed by atoms with van der Waals surface area (Å²) in [7, 11) is 0. The van der Waals surface area contributed by atoms with Crippen molar-refractivity contribution >= 4 is 23.4 Å². The second kappa shape index (κ2) is 5.92. The van der Waals surface area contributed by atoms with E-state index in [1.54, 1.807) is 0 Å². The fourth-order valence-electron chi connectivity index (χ4n) is 1.34. The summed E-state index contributed by atoms with van der Waals surface area (Å²) in [6.45, 7) is 0. The number of amides is 1. The topological polar surface area (TPSA) is 113 Å².